The summed E-state index contributed by atoms with van der Waals surface area (Å²) < 4.78 is 0. The Morgan fingerprint density at radius 3 is 2.43 bits per heavy atom. The van der Waals surface area contributed by atoms with Crippen molar-refractivity contribution in [1.82, 2.24) is 4.90 Å². The fraction of sp³-hybridized carbons (Fsp3) is 0.500. The van der Waals surface area contributed by atoms with E-state index in [4.69, 9.17) is 0 Å². The molecular formula is C16H22N2O3. The number of carbonyl (C=O) groups excluding carboxylic acids is 1. The minimum absolute atomic E-state index is 0.126. The maximum absolute atomic E-state index is 12.4. The maximum atomic E-state index is 12.4. The normalized spacial score (nSPS) is 22.0. The SMILES string of the molecule is Cc1cccc(C(=O)O)c1NC(=O)N1CC(C)CC(C)C1. The van der Waals surface area contributed by atoms with Crippen molar-refractivity contribution in [3.8, 4) is 0 Å². The summed E-state index contributed by atoms with van der Waals surface area (Å²) in [7, 11) is 0. The highest BCUT2D eigenvalue weighted by atomic mass is 16.4. The predicted octanol–water partition coefficient (Wildman–Crippen LogP) is 3.20. The van der Waals surface area contributed by atoms with Crippen LogP contribution in [-0.2, 0) is 0 Å². The zero-order valence-electron chi connectivity index (χ0n) is 12.7. The third kappa shape index (κ3) is 3.54. The fourth-order valence-electron chi connectivity index (χ4n) is 3.03. The molecule has 5 heteroatoms. The topological polar surface area (TPSA) is 69.6 Å². The summed E-state index contributed by atoms with van der Waals surface area (Å²) in [6, 6.07) is 4.76. The zero-order valence-corrected chi connectivity index (χ0v) is 12.7. The first-order valence-corrected chi connectivity index (χ1v) is 7.27. The molecule has 5 nitrogen and oxygen atoms in total. The zero-order chi connectivity index (χ0) is 15.6. The van der Waals surface area contributed by atoms with Gasteiger partial charge in [0.15, 0.2) is 0 Å². The lowest BCUT2D eigenvalue weighted by Gasteiger charge is -2.35. The van der Waals surface area contributed by atoms with Crippen molar-refractivity contribution in [2.45, 2.75) is 27.2 Å². The van der Waals surface area contributed by atoms with E-state index < -0.39 is 5.97 Å². The number of para-hydroxylation sites is 1. The quantitative estimate of drug-likeness (QED) is 0.878. The molecule has 2 unspecified atom stereocenters. The molecule has 2 atom stereocenters. The highest BCUT2D eigenvalue weighted by Gasteiger charge is 2.26. The van der Waals surface area contributed by atoms with Crippen LogP contribution in [0.2, 0.25) is 0 Å². The Kier molecular flexibility index (Phi) is 4.50. The number of likely N-dealkylation sites (tertiary alicyclic amines) is 1. The molecule has 0 bridgehead atoms. The van der Waals surface area contributed by atoms with E-state index in [-0.39, 0.29) is 11.6 Å². The van der Waals surface area contributed by atoms with Crippen LogP contribution in [0.3, 0.4) is 0 Å². The molecule has 1 heterocycles. The second kappa shape index (κ2) is 6.16. The summed E-state index contributed by atoms with van der Waals surface area (Å²) in [5, 5.41) is 12.0. The molecule has 1 aromatic carbocycles. The Bertz CT molecular complexity index is 546. The third-order valence-electron chi connectivity index (χ3n) is 3.89. The number of aromatic carboxylic acids is 1. The fourth-order valence-corrected chi connectivity index (χ4v) is 3.03. The number of rotatable bonds is 2. The molecular weight excluding hydrogens is 268 g/mol. The summed E-state index contributed by atoms with van der Waals surface area (Å²) in [6.07, 6.45) is 1.12. The number of hydrogen-bond donors (Lipinski definition) is 2. The van der Waals surface area contributed by atoms with Gasteiger partial charge >= 0.3 is 12.0 Å². The van der Waals surface area contributed by atoms with Crippen LogP contribution in [-0.4, -0.2) is 35.1 Å². The van der Waals surface area contributed by atoms with Crippen LogP contribution in [0, 0.1) is 18.8 Å². The van der Waals surface area contributed by atoms with Gasteiger partial charge in [0.1, 0.15) is 0 Å². The van der Waals surface area contributed by atoms with Crippen LogP contribution in [0.1, 0.15) is 36.2 Å². The van der Waals surface area contributed by atoms with Crippen molar-refractivity contribution < 1.29 is 14.7 Å². The van der Waals surface area contributed by atoms with Gasteiger partial charge in [-0.05, 0) is 36.8 Å². The average Bonchev–Trinajstić information content (AvgIpc) is 2.39. The highest BCUT2D eigenvalue weighted by Crippen LogP contribution is 2.24. The number of carboxylic acids is 1. The molecule has 1 aliphatic heterocycles. The molecule has 0 aliphatic carbocycles. The molecule has 1 saturated heterocycles. The molecule has 1 aliphatic rings. The Balaban J connectivity index is 2.18. The van der Waals surface area contributed by atoms with Crippen LogP contribution in [0.25, 0.3) is 0 Å². The van der Waals surface area contributed by atoms with Crippen molar-refractivity contribution in [1.29, 1.82) is 0 Å². The summed E-state index contributed by atoms with van der Waals surface area (Å²) in [4.78, 5) is 25.5. The van der Waals surface area contributed by atoms with Crippen LogP contribution < -0.4 is 5.32 Å². The molecule has 0 aromatic heterocycles. The van der Waals surface area contributed by atoms with Crippen molar-refractivity contribution in [3.05, 3.63) is 29.3 Å². The smallest absolute Gasteiger partial charge is 0.337 e. The van der Waals surface area contributed by atoms with Gasteiger partial charge in [-0.25, -0.2) is 9.59 Å². The number of carboxylic acid groups (broad SMARTS) is 1. The van der Waals surface area contributed by atoms with Gasteiger partial charge in [-0.3, -0.25) is 0 Å². The van der Waals surface area contributed by atoms with Gasteiger partial charge in [0.05, 0.1) is 11.3 Å². The van der Waals surface area contributed by atoms with Crippen LogP contribution in [0.15, 0.2) is 18.2 Å². The lowest BCUT2D eigenvalue weighted by atomic mass is 9.92. The lowest BCUT2D eigenvalue weighted by Crippen LogP contribution is -2.44. The van der Waals surface area contributed by atoms with Gasteiger partial charge in [-0.15, -0.1) is 0 Å². The number of hydrogen-bond acceptors (Lipinski definition) is 2. The Morgan fingerprint density at radius 2 is 1.86 bits per heavy atom. The monoisotopic (exact) mass is 290 g/mol. The first-order valence-electron chi connectivity index (χ1n) is 7.27. The molecule has 1 fully saturated rings. The van der Waals surface area contributed by atoms with Crippen molar-refractivity contribution >= 4 is 17.7 Å². The second-order valence-electron chi connectivity index (χ2n) is 6.08. The first-order chi connectivity index (χ1) is 9.88. The molecule has 2 rings (SSSR count). The number of nitrogens with zero attached hydrogens (tertiary/aromatic N) is 1. The Labute approximate surface area is 125 Å². The number of aryl methyl sites for hydroxylation is 1. The van der Waals surface area contributed by atoms with Crippen molar-refractivity contribution in [2.75, 3.05) is 18.4 Å². The number of anilines is 1. The second-order valence-corrected chi connectivity index (χ2v) is 6.08. The minimum Gasteiger partial charge on any atom is -0.478 e. The molecule has 0 radical (unpaired) electrons. The van der Waals surface area contributed by atoms with Crippen LogP contribution in [0.5, 0.6) is 0 Å². The summed E-state index contributed by atoms with van der Waals surface area (Å²) in [6.45, 7) is 7.48. The number of benzene rings is 1. The first kappa shape index (κ1) is 15.4. The van der Waals surface area contributed by atoms with Gasteiger partial charge in [-0.1, -0.05) is 26.0 Å². The summed E-state index contributed by atoms with van der Waals surface area (Å²) in [5.74, 6) is -0.0972. The Morgan fingerprint density at radius 1 is 1.24 bits per heavy atom. The summed E-state index contributed by atoms with van der Waals surface area (Å²) in [5.41, 5.74) is 1.27. The predicted molar refractivity (Wildman–Crippen MR) is 81.7 cm³/mol. The average molecular weight is 290 g/mol. The minimum atomic E-state index is -1.03. The molecule has 0 saturated carbocycles. The van der Waals surface area contributed by atoms with E-state index in [9.17, 15) is 14.7 Å². The van der Waals surface area contributed by atoms with E-state index in [1.54, 1.807) is 24.0 Å². The summed E-state index contributed by atoms with van der Waals surface area (Å²) >= 11 is 0. The van der Waals surface area contributed by atoms with Gasteiger partial charge in [-0.2, -0.15) is 0 Å². The van der Waals surface area contributed by atoms with E-state index >= 15 is 0 Å². The van der Waals surface area contributed by atoms with Gasteiger partial charge in [0.2, 0.25) is 0 Å². The van der Waals surface area contributed by atoms with Crippen LogP contribution in [0.4, 0.5) is 10.5 Å². The van der Waals surface area contributed by atoms with E-state index in [0.717, 1.165) is 12.0 Å². The molecule has 114 valence electrons. The van der Waals surface area contributed by atoms with Crippen LogP contribution >= 0.6 is 0 Å². The van der Waals surface area contributed by atoms with E-state index in [1.165, 1.54) is 6.07 Å². The molecule has 2 N–H and O–H groups in total. The van der Waals surface area contributed by atoms with Crippen molar-refractivity contribution in [3.63, 3.8) is 0 Å². The number of nitrogens with one attached hydrogen (secondary N) is 1. The standard InChI is InChI=1S/C16H22N2O3/c1-10-7-11(2)9-18(8-10)16(21)17-14-12(3)5-4-6-13(14)15(19)20/h4-6,10-11H,7-9H2,1-3H3,(H,17,21)(H,19,20). The molecule has 21 heavy (non-hydrogen) atoms. The Hall–Kier alpha value is -2.04. The van der Waals surface area contributed by atoms with Gasteiger partial charge in [0, 0.05) is 13.1 Å². The van der Waals surface area contributed by atoms with Gasteiger partial charge < -0.3 is 15.3 Å². The number of carbonyl (C=O) groups is 2. The van der Waals surface area contributed by atoms with Gasteiger partial charge in [0.25, 0.3) is 0 Å². The molecule has 0 spiro atoms. The van der Waals surface area contributed by atoms with E-state index in [2.05, 4.69) is 19.2 Å². The lowest BCUT2D eigenvalue weighted by molar-refractivity contribution is 0.0698. The third-order valence-corrected chi connectivity index (χ3v) is 3.89. The molecule has 1 aromatic rings. The number of urea groups is 1. The highest BCUT2D eigenvalue weighted by molar-refractivity contribution is 6.01. The number of amides is 2. The van der Waals surface area contributed by atoms with E-state index in [0.29, 0.717) is 30.6 Å². The molecule has 2 amide bonds. The van der Waals surface area contributed by atoms with Crippen molar-refractivity contribution in [2.24, 2.45) is 11.8 Å². The van der Waals surface area contributed by atoms with E-state index in [1.807, 2.05) is 0 Å². The number of piperidine rings is 1. The maximum Gasteiger partial charge on any atom is 0.337 e. The largest absolute Gasteiger partial charge is 0.478 e.